The molecule has 2 saturated heterocycles. The van der Waals surface area contributed by atoms with Gasteiger partial charge in [-0.1, -0.05) is 26.2 Å². The number of fused-ring (bicyclic) bond motifs is 1. The monoisotopic (exact) mass is 209 g/mol. The lowest BCUT2D eigenvalue weighted by molar-refractivity contribution is -0.127. The molecule has 0 radical (unpaired) electrons. The van der Waals surface area contributed by atoms with Gasteiger partial charge in [0.05, 0.1) is 6.04 Å². The quantitative estimate of drug-likeness (QED) is 0.664. The molecule has 2 atom stereocenters. The number of unbranched alkanes of at least 4 members (excludes halogenated alkanes) is 2. The molecule has 2 heteroatoms. The van der Waals surface area contributed by atoms with Gasteiger partial charge < -0.3 is 0 Å². The Morgan fingerprint density at radius 3 is 3.00 bits per heavy atom. The summed E-state index contributed by atoms with van der Waals surface area (Å²) in [6.45, 7) is 3.43. The van der Waals surface area contributed by atoms with Crippen LogP contribution in [0.1, 0.15) is 58.3 Å². The van der Waals surface area contributed by atoms with E-state index in [-0.39, 0.29) is 0 Å². The molecular weight excluding hydrogens is 186 g/mol. The van der Waals surface area contributed by atoms with Gasteiger partial charge in [0.25, 0.3) is 0 Å². The van der Waals surface area contributed by atoms with Crippen LogP contribution < -0.4 is 0 Å². The molecule has 2 heterocycles. The summed E-state index contributed by atoms with van der Waals surface area (Å²) in [7, 11) is 0. The maximum absolute atomic E-state index is 11.7. The van der Waals surface area contributed by atoms with E-state index in [2.05, 4.69) is 11.8 Å². The van der Waals surface area contributed by atoms with E-state index in [1.807, 2.05) is 0 Å². The van der Waals surface area contributed by atoms with E-state index >= 15 is 0 Å². The highest BCUT2D eigenvalue weighted by atomic mass is 16.1. The number of Topliss-reactive ketones (excluding diaryl/α,β-unsaturated/α-hetero) is 1. The van der Waals surface area contributed by atoms with E-state index in [0.717, 1.165) is 25.3 Å². The Hall–Kier alpha value is -0.370. The fraction of sp³-hybridized carbons (Fsp3) is 0.923. The maximum atomic E-state index is 11.7. The van der Waals surface area contributed by atoms with Crippen LogP contribution in [0.2, 0.25) is 0 Å². The second-order valence-corrected chi connectivity index (χ2v) is 5.05. The molecule has 0 N–H and O–H groups in total. The van der Waals surface area contributed by atoms with Gasteiger partial charge >= 0.3 is 0 Å². The van der Waals surface area contributed by atoms with Gasteiger partial charge in [0.1, 0.15) is 5.78 Å². The van der Waals surface area contributed by atoms with Gasteiger partial charge in [-0.3, -0.25) is 9.69 Å². The molecule has 0 aromatic heterocycles. The average Bonchev–Trinajstić information content (AvgIpc) is 2.71. The summed E-state index contributed by atoms with van der Waals surface area (Å²) in [4.78, 5) is 14.2. The predicted molar refractivity (Wildman–Crippen MR) is 61.9 cm³/mol. The third-order valence-electron chi connectivity index (χ3n) is 4.00. The van der Waals surface area contributed by atoms with Crippen LogP contribution in [0.4, 0.5) is 0 Å². The molecule has 0 amide bonds. The Bertz CT molecular complexity index is 227. The van der Waals surface area contributed by atoms with E-state index in [1.54, 1.807) is 0 Å². The van der Waals surface area contributed by atoms with E-state index in [4.69, 9.17) is 0 Å². The molecule has 0 unspecified atom stereocenters. The summed E-state index contributed by atoms with van der Waals surface area (Å²) in [5.74, 6) is 0.513. The zero-order chi connectivity index (χ0) is 10.7. The van der Waals surface area contributed by atoms with Crippen molar-refractivity contribution in [1.82, 2.24) is 4.90 Å². The fourth-order valence-corrected chi connectivity index (χ4v) is 3.15. The first-order chi connectivity index (χ1) is 7.33. The number of nitrogens with zero attached hydrogens (tertiary/aromatic N) is 1. The molecule has 0 bridgehead atoms. The molecule has 2 aliphatic rings. The lowest BCUT2D eigenvalue weighted by Gasteiger charge is -2.36. The van der Waals surface area contributed by atoms with Crippen LogP contribution in [-0.4, -0.2) is 29.3 Å². The van der Waals surface area contributed by atoms with Gasteiger partial charge in [0, 0.05) is 12.5 Å². The highest BCUT2D eigenvalue weighted by Gasteiger charge is 2.38. The fourth-order valence-electron chi connectivity index (χ4n) is 3.15. The second kappa shape index (κ2) is 5.11. The van der Waals surface area contributed by atoms with Crippen molar-refractivity contribution in [3.63, 3.8) is 0 Å². The van der Waals surface area contributed by atoms with Gasteiger partial charge in [-0.25, -0.2) is 0 Å². The molecule has 2 nitrogen and oxygen atoms in total. The zero-order valence-electron chi connectivity index (χ0n) is 9.87. The van der Waals surface area contributed by atoms with Crippen molar-refractivity contribution in [2.45, 2.75) is 70.4 Å². The molecule has 2 aliphatic heterocycles. The topological polar surface area (TPSA) is 20.3 Å². The number of ketones is 1. The van der Waals surface area contributed by atoms with Gasteiger partial charge in [0.15, 0.2) is 0 Å². The summed E-state index contributed by atoms with van der Waals surface area (Å²) in [5.41, 5.74) is 0. The molecule has 0 aromatic carbocycles. The third kappa shape index (κ3) is 2.41. The van der Waals surface area contributed by atoms with Crippen LogP contribution >= 0.6 is 0 Å². The predicted octanol–water partition coefficient (Wildman–Crippen LogP) is 2.76. The molecule has 15 heavy (non-hydrogen) atoms. The Morgan fingerprint density at radius 2 is 2.20 bits per heavy atom. The summed E-state index contributed by atoms with van der Waals surface area (Å²) < 4.78 is 0. The Labute approximate surface area is 93.0 Å². The second-order valence-electron chi connectivity index (χ2n) is 5.05. The van der Waals surface area contributed by atoms with Crippen molar-refractivity contribution in [1.29, 1.82) is 0 Å². The molecule has 86 valence electrons. The Kier molecular flexibility index (Phi) is 3.79. The van der Waals surface area contributed by atoms with Crippen molar-refractivity contribution in [3.05, 3.63) is 0 Å². The van der Waals surface area contributed by atoms with Gasteiger partial charge in [-0.2, -0.15) is 0 Å². The van der Waals surface area contributed by atoms with Crippen molar-refractivity contribution in [2.24, 2.45) is 0 Å². The minimum absolute atomic E-state index is 0.311. The standard InChI is InChI=1S/C13H23NO/c1-2-3-4-6-11-8-9-13(15)12-7-5-10-14(11)12/h11-12H,2-10H2,1H3/t11-,12+/m1/s1. The number of hydrogen-bond acceptors (Lipinski definition) is 2. The van der Waals surface area contributed by atoms with Crippen LogP contribution in [0.25, 0.3) is 0 Å². The molecular formula is C13H23NO. The largest absolute Gasteiger partial charge is 0.298 e. The first-order valence-electron chi connectivity index (χ1n) is 6.61. The number of piperidine rings is 1. The highest BCUT2D eigenvalue weighted by molar-refractivity contribution is 5.85. The lowest BCUT2D eigenvalue weighted by Crippen LogP contribution is -2.47. The van der Waals surface area contributed by atoms with Crippen LogP contribution in [0.3, 0.4) is 0 Å². The smallest absolute Gasteiger partial charge is 0.150 e. The SMILES string of the molecule is CCCCC[C@@H]1CCC(=O)[C@@H]2CCCN12. The maximum Gasteiger partial charge on any atom is 0.150 e. The van der Waals surface area contributed by atoms with Crippen LogP contribution in [0.15, 0.2) is 0 Å². The van der Waals surface area contributed by atoms with Crippen molar-refractivity contribution in [3.8, 4) is 0 Å². The summed E-state index contributed by atoms with van der Waals surface area (Å²) in [6.07, 6.45) is 9.65. The first-order valence-corrected chi connectivity index (χ1v) is 6.61. The average molecular weight is 209 g/mol. The minimum atomic E-state index is 0.311. The number of rotatable bonds is 4. The number of carbonyl (C=O) groups excluding carboxylic acids is 1. The molecule has 0 spiro atoms. The normalized spacial score (nSPS) is 31.9. The molecule has 2 fully saturated rings. The molecule has 0 aromatic rings. The molecule has 0 aliphatic carbocycles. The van der Waals surface area contributed by atoms with Crippen LogP contribution in [0.5, 0.6) is 0 Å². The van der Waals surface area contributed by atoms with Crippen molar-refractivity contribution < 1.29 is 4.79 Å². The zero-order valence-corrected chi connectivity index (χ0v) is 9.87. The Morgan fingerprint density at radius 1 is 1.33 bits per heavy atom. The van der Waals surface area contributed by atoms with E-state index in [1.165, 1.54) is 38.6 Å². The first kappa shape index (κ1) is 11.1. The molecule has 2 rings (SSSR count). The Balaban J connectivity index is 1.87. The minimum Gasteiger partial charge on any atom is -0.298 e. The van der Waals surface area contributed by atoms with Crippen molar-refractivity contribution >= 4 is 5.78 Å². The number of hydrogen-bond donors (Lipinski definition) is 0. The highest BCUT2D eigenvalue weighted by Crippen LogP contribution is 2.31. The van der Waals surface area contributed by atoms with Gasteiger partial charge in [0.2, 0.25) is 0 Å². The van der Waals surface area contributed by atoms with Crippen LogP contribution in [0, 0.1) is 0 Å². The summed E-state index contributed by atoms with van der Waals surface area (Å²) in [6, 6.07) is 1.03. The van der Waals surface area contributed by atoms with Gasteiger partial charge in [-0.05, 0) is 32.2 Å². The van der Waals surface area contributed by atoms with Crippen molar-refractivity contribution in [2.75, 3.05) is 6.54 Å². The van der Waals surface area contributed by atoms with E-state index < -0.39 is 0 Å². The third-order valence-corrected chi connectivity index (χ3v) is 4.00. The van der Waals surface area contributed by atoms with Crippen LogP contribution in [-0.2, 0) is 4.79 Å². The number of carbonyl (C=O) groups is 1. The summed E-state index contributed by atoms with van der Waals surface area (Å²) in [5, 5.41) is 0. The van der Waals surface area contributed by atoms with E-state index in [0.29, 0.717) is 11.8 Å². The van der Waals surface area contributed by atoms with E-state index in [9.17, 15) is 4.79 Å². The molecule has 0 saturated carbocycles. The lowest BCUT2D eigenvalue weighted by atomic mass is 9.92. The van der Waals surface area contributed by atoms with Gasteiger partial charge in [-0.15, -0.1) is 0 Å². The summed E-state index contributed by atoms with van der Waals surface area (Å²) >= 11 is 0.